The van der Waals surface area contributed by atoms with Crippen LogP contribution in [0.5, 0.6) is 5.75 Å². The van der Waals surface area contributed by atoms with Crippen molar-refractivity contribution >= 4 is 15.9 Å². The van der Waals surface area contributed by atoms with Crippen molar-refractivity contribution in [1.29, 1.82) is 0 Å². The van der Waals surface area contributed by atoms with Gasteiger partial charge >= 0.3 is 0 Å². The van der Waals surface area contributed by atoms with Gasteiger partial charge in [0.25, 0.3) is 0 Å². The summed E-state index contributed by atoms with van der Waals surface area (Å²) in [6, 6.07) is 6.75. The van der Waals surface area contributed by atoms with Crippen molar-refractivity contribution in [3.8, 4) is 5.75 Å². The Morgan fingerprint density at radius 1 is 1.15 bits per heavy atom. The Balaban J connectivity index is 2.97. The third kappa shape index (κ3) is 4.78. The van der Waals surface area contributed by atoms with Gasteiger partial charge in [-0.05, 0) is 50.4 Å². The van der Waals surface area contributed by atoms with Crippen LogP contribution < -0.4 is 10.1 Å². The van der Waals surface area contributed by atoms with Crippen LogP contribution >= 0.6 is 15.9 Å². The summed E-state index contributed by atoms with van der Waals surface area (Å²) in [6.07, 6.45) is 4.99. The molecule has 1 rings (SSSR count). The summed E-state index contributed by atoms with van der Waals surface area (Å²) >= 11 is 3.71. The molecule has 1 N–H and O–H groups in total. The van der Waals surface area contributed by atoms with E-state index in [1.165, 1.54) is 31.2 Å². The average molecular weight is 342 g/mol. The van der Waals surface area contributed by atoms with Gasteiger partial charge in [-0.15, -0.1) is 0 Å². The van der Waals surface area contributed by atoms with Crippen LogP contribution in [-0.2, 0) is 0 Å². The highest BCUT2D eigenvalue weighted by atomic mass is 79.9. The number of nitrogens with one attached hydrogen (secondary N) is 1. The first-order chi connectivity index (χ1) is 9.67. The average Bonchev–Trinajstić information content (AvgIpc) is 2.42. The van der Waals surface area contributed by atoms with Gasteiger partial charge in [-0.1, -0.05) is 48.7 Å². The first-order valence-corrected chi connectivity index (χ1v) is 8.56. The van der Waals surface area contributed by atoms with E-state index < -0.39 is 0 Å². The minimum atomic E-state index is 0.403. The topological polar surface area (TPSA) is 21.3 Å². The normalized spacial score (nSPS) is 12.7. The second-order valence-electron chi connectivity index (χ2n) is 5.22. The smallest absolute Gasteiger partial charge is 0.120 e. The molecule has 0 saturated heterocycles. The molecule has 0 heterocycles. The highest BCUT2D eigenvalue weighted by Gasteiger charge is 2.22. The quantitative estimate of drug-likeness (QED) is 0.655. The largest absolute Gasteiger partial charge is 0.494 e. The summed E-state index contributed by atoms with van der Waals surface area (Å²) in [5.74, 6) is 1.62. The van der Waals surface area contributed by atoms with E-state index in [2.05, 4.69) is 60.3 Å². The molecule has 20 heavy (non-hydrogen) atoms. The molecule has 0 fully saturated rings. The Morgan fingerprint density at radius 2 is 1.80 bits per heavy atom. The van der Waals surface area contributed by atoms with Gasteiger partial charge in [0.2, 0.25) is 0 Å². The Labute approximate surface area is 132 Å². The van der Waals surface area contributed by atoms with Crippen LogP contribution in [0.2, 0.25) is 0 Å². The van der Waals surface area contributed by atoms with Crippen LogP contribution in [0.3, 0.4) is 0 Å². The van der Waals surface area contributed by atoms with Crippen molar-refractivity contribution in [2.24, 2.45) is 5.92 Å². The molecule has 0 aliphatic carbocycles. The van der Waals surface area contributed by atoms with Crippen LogP contribution in [-0.4, -0.2) is 13.7 Å². The second-order valence-corrected chi connectivity index (χ2v) is 6.07. The molecule has 0 spiro atoms. The fraction of sp³-hybridized carbons (Fsp3) is 0.647. The molecule has 1 aromatic rings. The number of halogens is 1. The van der Waals surface area contributed by atoms with E-state index in [9.17, 15) is 0 Å². The molecule has 0 aliphatic heterocycles. The zero-order valence-electron chi connectivity index (χ0n) is 13.2. The minimum Gasteiger partial charge on any atom is -0.494 e. The van der Waals surface area contributed by atoms with Crippen LogP contribution in [0, 0.1) is 5.92 Å². The van der Waals surface area contributed by atoms with Crippen molar-refractivity contribution in [2.75, 3.05) is 13.7 Å². The molecule has 2 nitrogen and oxygen atoms in total. The number of benzene rings is 1. The van der Waals surface area contributed by atoms with E-state index in [-0.39, 0.29) is 0 Å². The maximum absolute atomic E-state index is 5.56. The third-order valence-electron chi connectivity index (χ3n) is 3.72. The van der Waals surface area contributed by atoms with Gasteiger partial charge in [0.15, 0.2) is 0 Å². The lowest BCUT2D eigenvalue weighted by Gasteiger charge is -2.28. The lowest BCUT2D eigenvalue weighted by molar-refractivity contribution is 0.327. The number of rotatable bonds is 9. The number of hydrogen-bond acceptors (Lipinski definition) is 2. The molecule has 114 valence electrons. The molecular weight excluding hydrogens is 314 g/mol. The second kappa shape index (κ2) is 9.41. The Hall–Kier alpha value is -0.540. The zero-order valence-corrected chi connectivity index (χ0v) is 14.8. The Bertz CT molecular complexity index is 389. The molecular formula is C17H28BrNO. The standard InChI is InChI=1S/C17H28BrNO/c1-5-8-13(9-6-2)17(19-4)15-11-10-14(20-7-3)12-16(15)18/h10-13,17,19H,5-9H2,1-4H3. The fourth-order valence-electron chi connectivity index (χ4n) is 2.88. The Kier molecular flexibility index (Phi) is 8.24. The molecule has 1 atom stereocenters. The van der Waals surface area contributed by atoms with E-state index in [1.807, 2.05) is 6.92 Å². The first kappa shape index (κ1) is 17.5. The van der Waals surface area contributed by atoms with Gasteiger partial charge in [0.1, 0.15) is 5.75 Å². The molecule has 1 unspecified atom stereocenters. The summed E-state index contributed by atoms with van der Waals surface area (Å²) in [5.41, 5.74) is 1.34. The van der Waals surface area contributed by atoms with Gasteiger partial charge in [-0.2, -0.15) is 0 Å². The van der Waals surface area contributed by atoms with Crippen molar-refractivity contribution in [1.82, 2.24) is 5.32 Å². The molecule has 0 amide bonds. The highest BCUT2D eigenvalue weighted by Crippen LogP contribution is 2.35. The fourth-order valence-corrected chi connectivity index (χ4v) is 3.49. The first-order valence-electron chi connectivity index (χ1n) is 7.77. The van der Waals surface area contributed by atoms with Crippen molar-refractivity contribution < 1.29 is 4.74 Å². The third-order valence-corrected chi connectivity index (χ3v) is 4.41. The number of ether oxygens (including phenoxy) is 1. The summed E-state index contributed by atoms with van der Waals surface area (Å²) < 4.78 is 6.70. The van der Waals surface area contributed by atoms with Crippen molar-refractivity contribution in [3.05, 3.63) is 28.2 Å². The van der Waals surface area contributed by atoms with E-state index in [1.54, 1.807) is 0 Å². The monoisotopic (exact) mass is 341 g/mol. The molecule has 1 aromatic carbocycles. The lowest BCUT2D eigenvalue weighted by Crippen LogP contribution is -2.25. The minimum absolute atomic E-state index is 0.403. The summed E-state index contributed by atoms with van der Waals surface area (Å²) in [7, 11) is 2.06. The van der Waals surface area contributed by atoms with Gasteiger partial charge in [0.05, 0.1) is 6.61 Å². The summed E-state index contributed by atoms with van der Waals surface area (Å²) in [5, 5.41) is 3.51. The predicted molar refractivity (Wildman–Crippen MR) is 90.4 cm³/mol. The summed E-state index contributed by atoms with van der Waals surface area (Å²) in [6.45, 7) is 7.25. The van der Waals surface area contributed by atoms with E-state index in [0.717, 1.165) is 10.2 Å². The molecule has 0 radical (unpaired) electrons. The van der Waals surface area contributed by atoms with Crippen molar-refractivity contribution in [3.63, 3.8) is 0 Å². The maximum Gasteiger partial charge on any atom is 0.120 e. The maximum atomic E-state index is 5.56. The van der Waals surface area contributed by atoms with E-state index >= 15 is 0 Å². The van der Waals surface area contributed by atoms with Crippen LogP contribution in [0.4, 0.5) is 0 Å². The lowest BCUT2D eigenvalue weighted by atomic mass is 9.86. The van der Waals surface area contributed by atoms with Gasteiger partial charge in [-0.25, -0.2) is 0 Å². The molecule has 0 saturated carbocycles. The zero-order chi connectivity index (χ0) is 15.0. The molecule has 3 heteroatoms. The Morgan fingerprint density at radius 3 is 2.25 bits per heavy atom. The number of hydrogen-bond donors (Lipinski definition) is 1. The van der Waals surface area contributed by atoms with Gasteiger partial charge in [0, 0.05) is 10.5 Å². The predicted octanol–water partition coefficient (Wildman–Crippen LogP) is 5.32. The summed E-state index contributed by atoms with van der Waals surface area (Å²) in [4.78, 5) is 0. The molecule has 0 aromatic heterocycles. The van der Waals surface area contributed by atoms with Crippen LogP contribution in [0.15, 0.2) is 22.7 Å². The highest BCUT2D eigenvalue weighted by molar-refractivity contribution is 9.10. The van der Waals surface area contributed by atoms with Gasteiger partial charge in [-0.3, -0.25) is 0 Å². The van der Waals surface area contributed by atoms with Crippen LogP contribution in [0.25, 0.3) is 0 Å². The molecule has 0 aliphatic rings. The van der Waals surface area contributed by atoms with Crippen molar-refractivity contribution in [2.45, 2.75) is 52.5 Å². The van der Waals surface area contributed by atoms with Crippen LogP contribution in [0.1, 0.15) is 58.1 Å². The van der Waals surface area contributed by atoms with E-state index in [4.69, 9.17) is 4.74 Å². The van der Waals surface area contributed by atoms with E-state index in [0.29, 0.717) is 18.6 Å². The molecule has 0 bridgehead atoms. The van der Waals surface area contributed by atoms with Gasteiger partial charge < -0.3 is 10.1 Å². The SMILES string of the molecule is CCCC(CCC)C(NC)c1ccc(OCC)cc1Br.